The summed E-state index contributed by atoms with van der Waals surface area (Å²) in [5.74, 6) is -0.235. The lowest BCUT2D eigenvalue weighted by molar-refractivity contribution is -0.140. The number of carbonyl (C=O) groups is 2. The van der Waals surface area contributed by atoms with E-state index in [4.69, 9.17) is 4.74 Å². The number of carbonyl (C=O) groups excluding carboxylic acids is 2. The summed E-state index contributed by atoms with van der Waals surface area (Å²) in [6, 6.07) is 7.26. The Morgan fingerprint density at radius 1 is 1.15 bits per heavy atom. The van der Waals surface area contributed by atoms with E-state index in [1.807, 2.05) is 32.9 Å². The molecule has 0 radical (unpaired) electrons. The SMILES string of the molecule is COC(=O)CCc1ccc(NC(=O)OC(C)(C)C)cc1. The standard InChI is InChI=1S/C15H21NO4/c1-15(2,3)20-14(18)16-12-8-5-11(6-9-12)7-10-13(17)19-4/h5-6,8-9H,7,10H2,1-4H3,(H,16,18). The van der Waals surface area contributed by atoms with Crippen molar-refractivity contribution in [3.63, 3.8) is 0 Å². The third-order valence-corrected chi connectivity index (χ3v) is 2.44. The highest BCUT2D eigenvalue weighted by atomic mass is 16.6. The molecule has 0 spiro atoms. The van der Waals surface area contributed by atoms with Crippen LogP contribution in [0.1, 0.15) is 32.8 Å². The smallest absolute Gasteiger partial charge is 0.412 e. The number of methoxy groups -OCH3 is 1. The second-order valence-electron chi connectivity index (χ2n) is 5.40. The highest BCUT2D eigenvalue weighted by molar-refractivity contribution is 5.84. The topological polar surface area (TPSA) is 64.6 Å². The van der Waals surface area contributed by atoms with E-state index in [0.717, 1.165) is 5.56 Å². The van der Waals surface area contributed by atoms with E-state index in [1.165, 1.54) is 7.11 Å². The lowest BCUT2D eigenvalue weighted by Crippen LogP contribution is -2.27. The van der Waals surface area contributed by atoms with Crippen molar-refractivity contribution in [2.45, 2.75) is 39.2 Å². The molecule has 0 aliphatic heterocycles. The van der Waals surface area contributed by atoms with Gasteiger partial charge in [-0.15, -0.1) is 0 Å². The number of benzene rings is 1. The van der Waals surface area contributed by atoms with Crippen LogP contribution in [0.5, 0.6) is 0 Å². The molecular formula is C15H21NO4. The van der Waals surface area contributed by atoms with Gasteiger partial charge in [-0.3, -0.25) is 10.1 Å². The predicted molar refractivity (Wildman–Crippen MR) is 76.6 cm³/mol. The first-order valence-electron chi connectivity index (χ1n) is 6.46. The Labute approximate surface area is 119 Å². The fourth-order valence-corrected chi connectivity index (χ4v) is 1.52. The van der Waals surface area contributed by atoms with Crippen molar-refractivity contribution in [3.8, 4) is 0 Å². The first-order chi connectivity index (χ1) is 9.30. The number of esters is 1. The van der Waals surface area contributed by atoms with Crippen molar-refractivity contribution in [1.82, 2.24) is 0 Å². The summed E-state index contributed by atoms with van der Waals surface area (Å²) in [5.41, 5.74) is 1.14. The van der Waals surface area contributed by atoms with Crippen LogP contribution in [-0.4, -0.2) is 24.8 Å². The van der Waals surface area contributed by atoms with Gasteiger partial charge < -0.3 is 9.47 Å². The molecular weight excluding hydrogens is 258 g/mol. The van der Waals surface area contributed by atoms with Gasteiger partial charge in [-0.05, 0) is 44.9 Å². The third-order valence-electron chi connectivity index (χ3n) is 2.44. The molecule has 110 valence electrons. The van der Waals surface area contributed by atoms with Gasteiger partial charge in [0, 0.05) is 12.1 Å². The lowest BCUT2D eigenvalue weighted by atomic mass is 10.1. The number of hydrogen-bond donors (Lipinski definition) is 1. The van der Waals surface area contributed by atoms with Crippen molar-refractivity contribution in [1.29, 1.82) is 0 Å². The van der Waals surface area contributed by atoms with Gasteiger partial charge in [0.1, 0.15) is 5.60 Å². The lowest BCUT2D eigenvalue weighted by Gasteiger charge is -2.19. The fraction of sp³-hybridized carbons (Fsp3) is 0.467. The van der Waals surface area contributed by atoms with E-state index < -0.39 is 11.7 Å². The van der Waals surface area contributed by atoms with E-state index in [-0.39, 0.29) is 5.97 Å². The van der Waals surface area contributed by atoms with Crippen LogP contribution in [0.3, 0.4) is 0 Å². The highest BCUT2D eigenvalue weighted by Crippen LogP contribution is 2.13. The van der Waals surface area contributed by atoms with Gasteiger partial charge in [-0.1, -0.05) is 12.1 Å². The summed E-state index contributed by atoms with van der Waals surface area (Å²) in [7, 11) is 1.37. The second kappa shape index (κ2) is 6.93. The molecule has 1 aromatic rings. The van der Waals surface area contributed by atoms with Gasteiger partial charge in [0.15, 0.2) is 0 Å². The zero-order chi connectivity index (χ0) is 15.2. The van der Waals surface area contributed by atoms with Gasteiger partial charge in [-0.25, -0.2) is 4.79 Å². The first-order valence-corrected chi connectivity index (χ1v) is 6.46. The number of anilines is 1. The van der Waals surface area contributed by atoms with Crippen molar-refractivity contribution >= 4 is 17.7 Å². The molecule has 1 amide bonds. The number of ether oxygens (including phenoxy) is 2. The maximum Gasteiger partial charge on any atom is 0.412 e. The molecule has 0 aliphatic rings. The zero-order valence-corrected chi connectivity index (χ0v) is 12.4. The summed E-state index contributed by atoms with van der Waals surface area (Å²) in [6.45, 7) is 5.42. The van der Waals surface area contributed by atoms with E-state index in [0.29, 0.717) is 18.5 Å². The maximum atomic E-state index is 11.6. The molecule has 0 saturated carbocycles. The summed E-state index contributed by atoms with van der Waals surface area (Å²) in [5, 5.41) is 2.65. The number of aryl methyl sites for hydroxylation is 1. The van der Waals surface area contributed by atoms with Gasteiger partial charge in [0.25, 0.3) is 0 Å². The van der Waals surface area contributed by atoms with Crippen molar-refractivity contribution in [2.75, 3.05) is 12.4 Å². The van der Waals surface area contributed by atoms with E-state index in [1.54, 1.807) is 12.1 Å². The maximum absolute atomic E-state index is 11.6. The monoisotopic (exact) mass is 279 g/mol. The molecule has 0 saturated heterocycles. The second-order valence-corrected chi connectivity index (χ2v) is 5.40. The van der Waals surface area contributed by atoms with Crippen molar-refractivity contribution < 1.29 is 19.1 Å². The minimum Gasteiger partial charge on any atom is -0.469 e. The summed E-state index contributed by atoms with van der Waals surface area (Å²) in [6.07, 6.45) is 0.467. The molecule has 0 bridgehead atoms. The highest BCUT2D eigenvalue weighted by Gasteiger charge is 2.16. The molecule has 0 heterocycles. The average molecular weight is 279 g/mol. The Bertz CT molecular complexity index is 460. The Morgan fingerprint density at radius 2 is 1.75 bits per heavy atom. The van der Waals surface area contributed by atoms with Gasteiger partial charge >= 0.3 is 12.1 Å². The van der Waals surface area contributed by atoms with Crippen LogP contribution in [0, 0.1) is 0 Å². The molecule has 1 N–H and O–H groups in total. The Hall–Kier alpha value is -2.04. The fourth-order valence-electron chi connectivity index (χ4n) is 1.52. The number of amides is 1. The van der Waals surface area contributed by atoms with Crippen LogP contribution in [0.2, 0.25) is 0 Å². The van der Waals surface area contributed by atoms with Gasteiger partial charge in [0.05, 0.1) is 7.11 Å². The molecule has 5 heteroatoms. The molecule has 20 heavy (non-hydrogen) atoms. The van der Waals surface area contributed by atoms with Crippen LogP contribution in [0.15, 0.2) is 24.3 Å². The summed E-state index contributed by atoms with van der Waals surface area (Å²) >= 11 is 0. The average Bonchev–Trinajstić information content (AvgIpc) is 2.35. The van der Waals surface area contributed by atoms with Crippen molar-refractivity contribution in [2.24, 2.45) is 0 Å². The van der Waals surface area contributed by atoms with Crippen LogP contribution in [0.4, 0.5) is 10.5 Å². The Balaban J connectivity index is 2.50. The molecule has 5 nitrogen and oxygen atoms in total. The molecule has 1 aromatic carbocycles. The molecule has 0 aliphatic carbocycles. The largest absolute Gasteiger partial charge is 0.469 e. The first kappa shape index (κ1) is 16.0. The van der Waals surface area contributed by atoms with Crippen LogP contribution in [0.25, 0.3) is 0 Å². The molecule has 1 rings (SSSR count). The van der Waals surface area contributed by atoms with Crippen LogP contribution < -0.4 is 5.32 Å². The minimum atomic E-state index is -0.523. The van der Waals surface area contributed by atoms with E-state index >= 15 is 0 Å². The summed E-state index contributed by atoms with van der Waals surface area (Å²) in [4.78, 5) is 22.6. The zero-order valence-electron chi connectivity index (χ0n) is 12.4. The van der Waals surface area contributed by atoms with Crippen LogP contribution in [-0.2, 0) is 20.7 Å². The van der Waals surface area contributed by atoms with Crippen LogP contribution >= 0.6 is 0 Å². The normalized spacial score (nSPS) is 10.8. The Morgan fingerprint density at radius 3 is 2.25 bits per heavy atom. The molecule has 0 unspecified atom stereocenters. The Kier molecular flexibility index (Phi) is 5.55. The number of rotatable bonds is 4. The van der Waals surface area contributed by atoms with Crippen molar-refractivity contribution in [3.05, 3.63) is 29.8 Å². The van der Waals surface area contributed by atoms with Gasteiger partial charge in [-0.2, -0.15) is 0 Å². The predicted octanol–water partition coefficient (Wildman–Crippen LogP) is 3.14. The quantitative estimate of drug-likeness (QED) is 0.860. The van der Waals surface area contributed by atoms with E-state index in [2.05, 4.69) is 10.1 Å². The third kappa shape index (κ3) is 6.22. The minimum absolute atomic E-state index is 0.235. The van der Waals surface area contributed by atoms with E-state index in [9.17, 15) is 9.59 Å². The molecule has 0 fully saturated rings. The number of nitrogens with one attached hydrogen (secondary N) is 1. The molecule has 0 aromatic heterocycles. The summed E-state index contributed by atoms with van der Waals surface area (Å²) < 4.78 is 9.74. The number of hydrogen-bond acceptors (Lipinski definition) is 4. The molecule has 0 atom stereocenters. The van der Waals surface area contributed by atoms with Gasteiger partial charge in [0.2, 0.25) is 0 Å².